The van der Waals surface area contributed by atoms with Gasteiger partial charge < -0.3 is 20.1 Å². The van der Waals surface area contributed by atoms with E-state index >= 15 is 0 Å². The minimum Gasteiger partial charge on any atom is -0.444 e. The molecule has 5 atom stereocenters. The number of hydrogen-bond acceptors (Lipinski definition) is 5. The van der Waals surface area contributed by atoms with Crippen molar-refractivity contribution in [3.8, 4) is 0 Å². The second-order valence-corrected chi connectivity index (χ2v) is 10.5. The van der Waals surface area contributed by atoms with Crippen molar-refractivity contribution < 1.29 is 14.3 Å². The fourth-order valence-electron chi connectivity index (χ4n) is 5.60. The van der Waals surface area contributed by atoms with Crippen molar-refractivity contribution in [3.05, 3.63) is 34.9 Å². The number of fused-ring (bicyclic) bond motifs is 3. The van der Waals surface area contributed by atoms with Crippen molar-refractivity contribution in [1.82, 2.24) is 15.5 Å². The van der Waals surface area contributed by atoms with E-state index in [4.69, 9.17) is 9.47 Å². The van der Waals surface area contributed by atoms with Crippen LogP contribution < -0.4 is 10.6 Å². The van der Waals surface area contributed by atoms with Gasteiger partial charge in [0.05, 0.1) is 12.1 Å². The number of carbonyl (C=O) groups excluding carboxylic acids is 1. The van der Waals surface area contributed by atoms with Crippen LogP contribution in [0.25, 0.3) is 0 Å². The highest BCUT2D eigenvalue weighted by Gasteiger charge is 2.37. The molecule has 2 aliphatic heterocycles. The molecule has 31 heavy (non-hydrogen) atoms. The molecular formula is C25H39N3O3. The molecule has 4 rings (SSSR count). The number of benzene rings is 1. The molecule has 3 aliphatic rings. The highest BCUT2D eigenvalue weighted by Crippen LogP contribution is 2.40. The predicted molar refractivity (Wildman–Crippen MR) is 122 cm³/mol. The Morgan fingerprint density at radius 3 is 2.77 bits per heavy atom. The molecule has 1 aromatic carbocycles. The third-order valence-electron chi connectivity index (χ3n) is 7.13. The van der Waals surface area contributed by atoms with Crippen LogP contribution in [0.1, 0.15) is 82.0 Å². The van der Waals surface area contributed by atoms with Crippen LogP contribution in [0.4, 0.5) is 4.79 Å². The second-order valence-electron chi connectivity index (χ2n) is 10.5. The molecule has 1 unspecified atom stereocenters. The first-order valence-electron chi connectivity index (χ1n) is 11.9. The van der Waals surface area contributed by atoms with Crippen LogP contribution in [0.5, 0.6) is 0 Å². The molecule has 2 fully saturated rings. The van der Waals surface area contributed by atoms with Crippen molar-refractivity contribution in [3.63, 3.8) is 0 Å². The summed E-state index contributed by atoms with van der Waals surface area (Å²) in [5.41, 5.74) is 3.85. The van der Waals surface area contributed by atoms with E-state index in [-0.39, 0.29) is 18.2 Å². The van der Waals surface area contributed by atoms with Crippen LogP contribution in [0.2, 0.25) is 0 Å². The van der Waals surface area contributed by atoms with Crippen molar-refractivity contribution >= 4 is 6.09 Å². The zero-order valence-corrected chi connectivity index (χ0v) is 19.7. The van der Waals surface area contributed by atoms with Crippen molar-refractivity contribution in [2.24, 2.45) is 0 Å². The second kappa shape index (κ2) is 9.08. The van der Waals surface area contributed by atoms with E-state index in [1.54, 1.807) is 7.11 Å². The summed E-state index contributed by atoms with van der Waals surface area (Å²) in [4.78, 5) is 15.1. The molecule has 6 heteroatoms. The van der Waals surface area contributed by atoms with Gasteiger partial charge in [0.1, 0.15) is 5.60 Å². The smallest absolute Gasteiger partial charge is 0.407 e. The van der Waals surface area contributed by atoms with Gasteiger partial charge in [-0.1, -0.05) is 24.6 Å². The Morgan fingerprint density at radius 2 is 2.03 bits per heavy atom. The van der Waals surface area contributed by atoms with Crippen LogP contribution in [0, 0.1) is 0 Å². The Balaban J connectivity index is 1.50. The number of rotatable bonds is 3. The Morgan fingerprint density at radius 1 is 1.23 bits per heavy atom. The van der Waals surface area contributed by atoms with Gasteiger partial charge in [-0.05, 0) is 69.6 Å². The Bertz CT molecular complexity index is 791. The summed E-state index contributed by atoms with van der Waals surface area (Å²) in [5, 5.41) is 6.69. The molecule has 1 saturated heterocycles. The molecule has 1 amide bonds. The summed E-state index contributed by atoms with van der Waals surface area (Å²) in [6, 6.07) is 8.13. The van der Waals surface area contributed by atoms with Crippen LogP contribution in [-0.2, 0) is 16.0 Å². The van der Waals surface area contributed by atoms with E-state index in [9.17, 15) is 4.79 Å². The van der Waals surface area contributed by atoms with E-state index in [1.807, 2.05) is 20.8 Å². The lowest BCUT2D eigenvalue weighted by molar-refractivity contribution is 0.0313. The summed E-state index contributed by atoms with van der Waals surface area (Å²) in [6.07, 6.45) is 3.72. The van der Waals surface area contributed by atoms with Gasteiger partial charge in [-0.25, -0.2) is 4.79 Å². The number of piperazine rings is 1. The van der Waals surface area contributed by atoms with E-state index in [0.29, 0.717) is 18.0 Å². The number of ether oxygens (including phenoxy) is 2. The maximum Gasteiger partial charge on any atom is 0.407 e. The SMILES string of the molecule is CO[C@@H]1CCCC(c2ccc3c(c2)CN2[C@H](C)CNC[C@H]32)C[C@H]1NC(=O)OC(C)(C)C. The average molecular weight is 430 g/mol. The van der Waals surface area contributed by atoms with E-state index in [0.717, 1.165) is 45.3 Å². The lowest BCUT2D eigenvalue weighted by atomic mass is 9.88. The van der Waals surface area contributed by atoms with Gasteiger partial charge in [-0.3, -0.25) is 4.90 Å². The average Bonchev–Trinajstić information content (AvgIpc) is 2.95. The quantitative estimate of drug-likeness (QED) is 0.709. The van der Waals surface area contributed by atoms with Crippen LogP contribution >= 0.6 is 0 Å². The van der Waals surface area contributed by atoms with Crippen LogP contribution in [0.3, 0.4) is 0 Å². The van der Waals surface area contributed by atoms with Gasteiger partial charge in [0.15, 0.2) is 0 Å². The van der Waals surface area contributed by atoms with Crippen LogP contribution in [0.15, 0.2) is 18.2 Å². The molecule has 6 nitrogen and oxygen atoms in total. The van der Waals surface area contributed by atoms with E-state index < -0.39 is 5.60 Å². The third-order valence-corrected chi connectivity index (χ3v) is 7.13. The van der Waals surface area contributed by atoms with E-state index in [1.165, 1.54) is 16.7 Å². The van der Waals surface area contributed by atoms with Crippen molar-refractivity contribution in [2.75, 3.05) is 20.2 Å². The summed E-state index contributed by atoms with van der Waals surface area (Å²) in [7, 11) is 1.75. The number of methoxy groups -OCH3 is 1. The summed E-state index contributed by atoms with van der Waals surface area (Å²) < 4.78 is 11.3. The first kappa shape index (κ1) is 22.6. The van der Waals surface area contributed by atoms with Gasteiger partial charge in [-0.2, -0.15) is 0 Å². The summed E-state index contributed by atoms with van der Waals surface area (Å²) >= 11 is 0. The fourth-order valence-corrected chi connectivity index (χ4v) is 5.60. The molecular weight excluding hydrogens is 390 g/mol. The first-order chi connectivity index (χ1) is 14.7. The number of amides is 1. The van der Waals surface area contributed by atoms with Gasteiger partial charge in [-0.15, -0.1) is 0 Å². The third kappa shape index (κ3) is 5.07. The van der Waals surface area contributed by atoms with Gasteiger partial charge in [0.2, 0.25) is 0 Å². The monoisotopic (exact) mass is 429 g/mol. The highest BCUT2D eigenvalue weighted by atomic mass is 16.6. The van der Waals surface area contributed by atoms with E-state index in [2.05, 4.69) is 40.7 Å². The van der Waals surface area contributed by atoms with Gasteiger partial charge >= 0.3 is 6.09 Å². The topological polar surface area (TPSA) is 62.8 Å². The lowest BCUT2D eigenvalue weighted by Gasteiger charge is -2.36. The molecule has 0 spiro atoms. The summed E-state index contributed by atoms with van der Waals surface area (Å²) in [5.74, 6) is 0.415. The minimum absolute atomic E-state index is 0.0212. The normalized spacial score (nSPS) is 31.5. The molecule has 1 aliphatic carbocycles. The molecule has 0 radical (unpaired) electrons. The standard InChI is InChI=1S/C25H39N3O3/c1-16-13-26-14-22-20-10-9-18(11-19(20)15-28(16)22)17-7-6-8-23(30-5)21(12-17)27-24(29)31-25(2,3)4/h9-11,16-17,21-23,26H,6-8,12-15H2,1-5H3,(H,27,29)/t16-,17?,21-,22-,23-/m1/s1. The molecule has 172 valence electrons. The predicted octanol–water partition coefficient (Wildman–Crippen LogP) is 4.10. The minimum atomic E-state index is -0.505. The van der Waals surface area contributed by atoms with Crippen molar-refractivity contribution in [1.29, 1.82) is 0 Å². The molecule has 1 saturated carbocycles. The molecule has 2 N–H and O–H groups in total. The number of carbonyl (C=O) groups is 1. The number of hydrogen-bond donors (Lipinski definition) is 2. The fraction of sp³-hybridized carbons (Fsp3) is 0.720. The maximum atomic E-state index is 12.5. The first-order valence-corrected chi connectivity index (χ1v) is 11.9. The Hall–Kier alpha value is -1.63. The Labute approximate surface area is 187 Å². The van der Waals surface area contributed by atoms with Gasteiger partial charge in [0.25, 0.3) is 0 Å². The van der Waals surface area contributed by atoms with Crippen molar-refractivity contribution in [2.45, 2.75) is 95.7 Å². The van der Waals surface area contributed by atoms with Crippen LogP contribution in [-0.4, -0.2) is 55.0 Å². The lowest BCUT2D eigenvalue weighted by Crippen LogP contribution is -2.48. The largest absolute Gasteiger partial charge is 0.444 e. The van der Waals surface area contributed by atoms with Gasteiger partial charge in [0, 0.05) is 38.8 Å². The maximum absolute atomic E-state index is 12.5. The highest BCUT2D eigenvalue weighted by molar-refractivity contribution is 5.68. The molecule has 2 heterocycles. The number of nitrogens with one attached hydrogen (secondary N) is 2. The number of alkyl carbamates (subject to hydrolysis) is 1. The zero-order valence-electron chi connectivity index (χ0n) is 19.7. The molecule has 0 bridgehead atoms. The zero-order chi connectivity index (χ0) is 22.2. The summed E-state index contributed by atoms with van der Waals surface area (Å²) in [6.45, 7) is 11.1. The Kier molecular flexibility index (Phi) is 6.61. The molecule has 1 aromatic rings. The molecule has 0 aromatic heterocycles. The number of nitrogens with zero attached hydrogens (tertiary/aromatic N) is 1.